The number of aryl methyl sites for hydroxylation is 12. The number of nitrogens with zero attached hydrogens (tertiary/aromatic N) is 4. The average molecular weight is 639 g/mol. The summed E-state index contributed by atoms with van der Waals surface area (Å²) in [6, 6.07) is 18.6. The lowest BCUT2D eigenvalue weighted by atomic mass is 10.0. The van der Waals surface area contributed by atoms with Gasteiger partial charge in [0.1, 0.15) is 0 Å². The summed E-state index contributed by atoms with van der Waals surface area (Å²) < 4.78 is 0. The summed E-state index contributed by atoms with van der Waals surface area (Å²) in [5.41, 5.74) is 21.1. The maximum absolute atomic E-state index is 3.98. The fourth-order valence-corrected chi connectivity index (χ4v) is 9.16. The van der Waals surface area contributed by atoms with Crippen LogP contribution in [0.4, 0.5) is 22.7 Å². The monoisotopic (exact) mass is 638 g/mol. The Bertz CT molecular complexity index is 1590. The summed E-state index contributed by atoms with van der Waals surface area (Å²) >= 11 is 0. The second kappa shape index (κ2) is 12.9. The van der Waals surface area contributed by atoms with Crippen LogP contribution in [0.15, 0.2) is 48.5 Å². The maximum atomic E-state index is 3.98. The summed E-state index contributed by atoms with van der Waals surface area (Å²) in [5.74, 6) is 7.95. The second-order valence-corrected chi connectivity index (χ2v) is 14.8. The highest BCUT2D eigenvalue weighted by atomic mass is 15.4. The fraction of sp³-hybridized carbons (Fsp3) is 0.409. The quantitative estimate of drug-likeness (QED) is 0.207. The molecule has 4 aromatic carbocycles. The Morgan fingerprint density at radius 3 is 0.667 bits per heavy atom. The van der Waals surface area contributed by atoms with Crippen LogP contribution in [0.1, 0.15) is 66.8 Å². The normalized spacial score (nSPS) is 15.5. The minimum absolute atomic E-state index is 0.0880. The van der Waals surface area contributed by atoms with E-state index in [1.165, 1.54) is 89.5 Å². The fourth-order valence-electron chi connectivity index (χ4n) is 9.16. The van der Waals surface area contributed by atoms with Crippen LogP contribution in [0.25, 0.3) is 0 Å². The Hall–Kier alpha value is -4.36. The Kier molecular flexibility index (Phi) is 9.03. The van der Waals surface area contributed by atoms with Gasteiger partial charge in [-0.3, -0.25) is 0 Å². The molecule has 2 aliphatic rings. The minimum Gasteiger partial charge on any atom is -0.339 e. The van der Waals surface area contributed by atoms with Crippen molar-refractivity contribution < 1.29 is 0 Å². The molecule has 4 heteroatoms. The van der Waals surface area contributed by atoms with Gasteiger partial charge in [-0.25, -0.2) is 0 Å². The average Bonchev–Trinajstić information content (AvgIpc) is 3.54. The molecule has 4 nitrogen and oxygen atoms in total. The van der Waals surface area contributed by atoms with Gasteiger partial charge in [0.05, 0.1) is 0 Å². The zero-order chi connectivity index (χ0) is 34.6. The number of hydrogen-bond donors (Lipinski definition) is 0. The van der Waals surface area contributed by atoms with Crippen molar-refractivity contribution in [3.05, 3.63) is 115 Å². The van der Waals surface area contributed by atoms with Gasteiger partial charge in [-0.05, 0) is 128 Å². The molecule has 2 fully saturated rings. The molecule has 0 amide bonds. The first-order chi connectivity index (χ1) is 22.7. The highest BCUT2D eigenvalue weighted by Crippen LogP contribution is 2.39. The Labute approximate surface area is 290 Å². The molecule has 6 rings (SSSR count). The summed E-state index contributed by atoms with van der Waals surface area (Å²) in [5, 5.41) is 0. The van der Waals surface area contributed by atoms with Gasteiger partial charge >= 0.3 is 0 Å². The zero-order valence-corrected chi connectivity index (χ0v) is 31.4. The molecule has 0 aliphatic carbocycles. The Morgan fingerprint density at radius 2 is 0.500 bits per heavy atom. The third-order valence-corrected chi connectivity index (χ3v) is 10.4. The number of benzene rings is 4. The van der Waals surface area contributed by atoms with Crippen molar-refractivity contribution in [1.82, 2.24) is 0 Å². The largest absolute Gasteiger partial charge is 0.339 e. The first-order valence-electron chi connectivity index (χ1n) is 17.6. The predicted molar refractivity (Wildman–Crippen MR) is 207 cm³/mol. The summed E-state index contributed by atoms with van der Waals surface area (Å²) in [7, 11) is 0. The van der Waals surface area contributed by atoms with Crippen molar-refractivity contribution in [2.45, 2.75) is 95.4 Å². The second-order valence-electron chi connectivity index (χ2n) is 14.8. The molecule has 0 radical (unpaired) electrons. The zero-order valence-electron chi connectivity index (χ0n) is 31.4. The molecule has 4 aromatic rings. The molecule has 0 bridgehead atoms. The molecule has 2 heterocycles. The molecule has 0 N–H and O–H groups in total. The molecular formula is C44H54N4. The van der Waals surface area contributed by atoms with Gasteiger partial charge in [-0.1, -0.05) is 82.6 Å². The smallest absolute Gasteiger partial charge is 0.166 e. The van der Waals surface area contributed by atoms with Crippen molar-refractivity contribution in [3.63, 3.8) is 0 Å². The maximum Gasteiger partial charge on any atom is 0.166 e. The first kappa shape index (κ1) is 33.5. The molecule has 2 saturated heterocycles. The van der Waals surface area contributed by atoms with E-state index in [1.54, 1.807) is 0 Å². The van der Waals surface area contributed by atoms with Crippen LogP contribution in [0.2, 0.25) is 0 Å². The topological polar surface area (TPSA) is 13.0 Å². The van der Waals surface area contributed by atoms with E-state index >= 15 is 0 Å². The molecular weight excluding hydrogens is 585 g/mol. The minimum atomic E-state index is -0.0880. The van der Waals surface area contributed by atoms with E-state index in [-0.39, 0.29) is 12.3 Å². The van der Waals surface area contributed by atoms with E-state index < -0.39 is 0 Å². The van der Waals surface area contributed by atoms with Gasteiger partial charge in [0.25, 0.3) is 0 Å². The first-order valence-corrected chi connectivity index (χ1v) is 17.6. The van der Waals surface area contributed by atoms with Gasteiger partial charge in [-0.2, -0.15) is 0 Å². The molecule has 250 valence electrons. The van der Waals surface area contributed by atoms with Crippen molar-refractivity contribution in [3.8, 4) is 11.8 Å². The van der Waals surface area contributed by atoms with Gasteiger partial charge in [0.15, 0.2) is 12.3 Å². The van der Waals surface area contributed by atoms with Crippen molar-refractivity contribution in [2.24, 2.45) is 0 Å². The van der Waals surface area contributed by atoms with Crippen LogP contribution in [-0.4, -0.2) is 38.5 Å². The van der Waals surface area contributed by atoms with E-state index in [0.717, 1.165) is 26.2 Å². The summed E-state index contributed by atoms with van der Waals surface area (Å²) in [6.07, 6.45) is -0.176. The van der Waals surface area contributed by atoms with Crippen molar-refractivity contribution in [1.29, 1.82) is 0 Å². The van der Waals surface area contributed by atoms with Gasteiger partial charge in [0, 0.05) is 48.9 Å². The van der Waals surface area contributed by atoms with E-state index in [0.29, 0.717) is 0 Å². The van der Waals surface area contributed by atoms with Crippen LogP contribution in [0, 0.1) is 94.9 Å². The lowest BCUT2D eigenvalue weighted by Gasteiger charge is -2.34. The highest BCUT2D eigenvalue weighted by molar-refractivity contribution is 5.72. The van der Waals surface area contributed by atoms with Gasteiger partial charge < -0.3 is 19.6 Å². The molecule has 0 aromatic heterocycles. The van der Waals surface area contributed by atoms with E-state index in [2.05, 4.69) is 163 Å². The number of anilines is 4. The van der Waals surface area contributed by atoms with Crippen LogP contribution >= 0.6 is 0 Å². The van der Waals surface area contributed by atoms with Crippen LogP contribution in [0.5, 0.6) is 0 Å². The summed E-state index contributed by atoms with van der Waals surface area (Å²) in [4.78, 5) is 10.3. The SMILES string of the molecule is Cc1cc(C)c(N2CCN(c3c(C)cc(C)cc3C)C2C#CC2N(c3c(C)cc(C)cc3C)CCN2c2c(C)cc(C)cc2C)c(C)c1. The van der Waals surface area contributed by atoms with Crippen LogP contribution in [0.3, 0.4) is 0 Å². The van der Waals surface area contributed by atoms with Crippen LogP contribution < -0.4 is 19.6 Å². The standard InChI is InChI=1S/C44H54N4/c1-27-19-31(5)41(32(6)20-27)45-15-16-46(42-33(7)21-28(2)22-34(42)8)39(45)13-14-40-47(43-35(9)23-29(3)24-36(43)10)17-18-48(40)44-37(11)25-30(4)26-38(44)12/h19-26,39-40H,15-18H2,1-12H3. The van der Waals surface area contributed by atoms with Gasteiger partial charge in [0.2, 0.25) is 0 Å². The molecule has 48 heavy (non-hydrogen) atoms. The summed E-state index contributed by atoms with van der Waals surface area (Å²) in [6.45, 7) is 30.6. The van der Waals surface area contributed by atoms with Crippen molar-refractivity contribution >= 4 is 22.7 Å². The highest BCUT2D eigenvalue weighted by Gasteiger charge is 2.37. The van der Waals surface area contributed by atoms with Gasteiger partial charge in [-0.15, -0.1) is 0 Å². The van der Waals surface area contributed by atoms with E-state index in [4.69, 9.17) is 0 Å². The Balaban J connectivity index is 1.54. The lowest BCUT2D eigenvalue weighted by Crippen LogP contribution is -2.42. The van der Waals surface area contributed by atoms with Crippen molar-refractivity contribution in [2.75, 3.05) is 45.8 Å². The van der Waals surface area contributed by atoms with E-state index in [1.807, 2.05) is 0 Å². The Morgan fingerprint density at radius 1 is 0.333 bits per heavy atom. The molecule has 2 aliphatic heterocycles. The van der Waals surface area contributed by atoms with E-state index in [9.17, 15) is 0 Å². The molecule has 0 spiro atoms. The number of rotatable bonds is 4. The molecule has 0 unspecified atom stereocenters. The lowest BCUT2D eigenvalue weighted by molar-refractivity contribution is 0.791. The predicted octanol–water partition coefficient (Wildman–Crippen LogP) is 9.40. The number of hydrogen-bond acceptors (Lipinski definition) is 4. The molecule has 0 saturated carbocycles. The van der Waals surface area contributed by atoms with Crippen LogP contribution in [-0.2, 0) is 0 Å². The third-order valence-electron chi connectivity index (χ3n) is 10.4. The molecule has 0 atom stereocenters. The third kappa shape index (κ3) is 6.05.